The number of ether oxygens (including phenoxy) is 1. The highest BCUT2D eigenvalue weighted by molar-refractivity contribution is 5.86. The Balaban J connectivity index is 0.968. The zero-order valence-electron chi connectivity index (χ0n) is 38.5. The largest absolute Gasteiger partial charge is 0.457 e. The summed E-state index contributed by atoms with van der Waals surface area (Å²) in [7, 11) is 0. The average molecular weight is 868 g/mol. The SMILES string of the molecule is CC(C)(c1ccccc1)c1cc(N2C=CN(c3cc(Oc4cccc(C5(c6ccccn6)c6ccccc6-c6ccccc65)c4)cc(-c4ccccc4)c3)C2)cc(C(C)(C)c2ccccc2)c1. The highest BCUT2D eigenvalue weighted by atomic mass is 16.5. The fourth-order valence-electron chi connectivity index (χ4n) is 10.4. The zero-order valence-corrected chi connectivity index (χ0v) is 38.5. The van der Waals surface area contributed by atoms with Crippen molar-refractivity contribution in [3.05, 3.63) is 282 Å². The summed E-state index contributed by atoms with van der Waals surface area (Å²) in [6, 6.07) is 78.4. The van der Waals surface area contributed by atoms with Crippen LogP contribution in [-0.4, -0.2) is 11.7 Å². The fraction of sp³-hybridized carbons (Fsp3) is 0.127. The number of anilines is 2. The molecule has 0 radical (unpaired) electrons. The van der Waals surface area contributed by atoms with Crippen LogP contribution in [0.4, 0.5) is 11.4 Å². The van der Waals surface area contributed by atoms with Crippen LogP contribution >= 0.6 is 0 Å². The van der Waals surface area contributed by atoms with E-state index in [1.165, 1.54) is 44.5 Å². The number of fused-ring (bicyclic) bond motifs is 3. The second kappa shape index (κ2) is 16.8. The number of pyridine rings is 1. The molecule has 8 aromatic carbocycles. The normalized spacial score (nSPS) is 13.9. The number of benzene rings is 8. The molecule has 4 heteroatoms. The number of hydrogen-bond donors (Lipinski definition) is 0. The van der Waals surface area contributed by atoms with Gasteiger partial charge in [0.05, 0.1) is 17.8 Å². The van der Waals surface area contributed by atoms with E-state index >= 15 is 0 Å². The third kappa shape index (κ3) is 7.39. The molecule has 0 saturated heterocycles. The van der Waals surface area contributed by atoms with E-state index < -0.39 is 5.41 Å². The van der Waals surface area contributed by atoms with Crippen LogP contribution in [0.5, 0.6) is 11.5 Å². The van der Waals surface area contributed by atoms with Crippen LogP contribution in [0.15, 0.2) is 237 Å². The van der Waals surface area contributed by atoms with E-state index in [9.17, 15) is 0 Å². The molecule has 0 fully saturated rings. The van der Waals surface area contributed by atoms with Crippen molar-refractivity contribution in [2.75, 3.05) is 16.5 Å². The maximum absolute atomic E-state index is 7.01. The summed E-state index contributed by atoms with van der Waals surface area (Å²) in [6.45, 7) is 9.98. The van der Waals surface area contributed by atoms with Gasteiger partial charge in [0.1, 0.15) is 11.5 Å². The van der Waals surface area contributed by atoms with E-state index in [4.69, 9.17) is 9.72 Å². The van der Waals surface area contributed by atoms with E-state index in [0.717, 1.165) is 45.3 Å². The second-order valence-corrected chi connectivity index (χ2v) is 18.9. The smallest absolute Gasteiger partial charge is 0.130 e. The average Bonchev–Trinajstić information content (AvgIpc) is 4.00. The molecule has 11 rings (SSSR count). The lowest BCUT2D eigenvalue weighted by Crippen LogP contribution is -2.29. The minimum absolute atomic E-state index is 0.225. The van der Waals surface area contributed by atoms with Gasteiger partial charge in [-0.1, -0.05) is 191 Å². The Bertz CT molecular complexity index is 3130. The predicted octanol–water partition coefficient (Wildman–Crippen LogP) is 15.3. The minimum atomic E-state index is -0.627. The van der Waals surface area contributed by atoms with Crippen molar-refractivity contribution < 1.29 is 4.74 Å². The van der Waals surface area contributed by atoms with Gasteiger partial charge in [-0.2, -0.15) is 0 Å². The van der Waals surface area contributed by atoms with Gasteiger partial charge < -0.3 is 14.5 Å². The first-order valence-electron chi connectivity index (χ1n) is 23.3. The molecule has 0 spiro atoms. The van der Waals surface area contributed by atoms with Gasteiger partial charge in [-0.05, 0) is 110 Å². The van der Waals surface area contributed by atoms with E-state index in [0.29, 0.717) is 6.67 Å². The molecule has 4 nitrogen and oxygen atoms in total. The summed E-state index contributed by atoms with van der Waals surface area (Å²) in [6.07, 6.45) is 6.30. The van der Waals surface area contributed by atoms with Gasteiger partial charge in [-0.25, -0.2) is 0 Å². The molecule has 0 saturated carbocycles. The molecule has 1 aliphatic heterocycles. The summed E-state index contributed by atoms with van der Waals surface area (Å²) in [5, 5.41) is 0. The third-order valence-electron chi connectivity index (χ3n) is 14.2. The topological polar surface area (TPSA) is 28.6 Å². The summed E-state index contributed by atoms with van der Waals surface area (Å²) < 4.78 is 7.01. The molecular formula is C63H53N3O. The van der Waals surface area contributed by atoms with Crippen LogP contribution in [0.2, 0.25) is 0 Å². The predicted molar refractivity (Wildman–Crippen MR) is 276 cm³/mol. The summed E-state index contributed by atoms with van der Waals surface area (Å²) >= 11 is 0. The van der Waals surface area contributed by atoms with Crippen LogP contribution < -0.4 is 14.5 Å². The second-order valence-electron chi connectivity index (χ2n) is 18.9. The lowest BCUT2D eigenvalue weighted by molar-refractivity contribution is 0.481. The van der Waals surface area contributed by atoms with Crippen molar-refractivity contribution in [3.63, 3.8) is 0 Å². The Morgan fingerprint density at radius 1 is 0.433 bits per heavy atom. The molecule has 1 aliphatic carbocycles. The van der Waals surface area contributed by atoms with E-state index in [-0.39, 0.29) is 10.8 Å². The lowest BCUT2D eigenvalue weighted by atomic mass is 9.70. The summed E-state index contributed by atoms with van der Waals surface area (Å²) in [5.74, 6) is 1.52. The zero-order chi connectivity index (χ0) is 45.6. The minimum Gasteiger partial charge on any atom is -0.457 e. The summed E-state index contributed by atoms with van der Waals surface area (Å²) in [4.78, 5) is 9.73. The van der Waals surface area contributed by atoms with Gasteiger partial charge in [0.25, 0.3) is 0 Å². The van der Waals surface area contributed by atoms with Gasteiger partial charge in [0.15, 0.2) is 0 Å². The van der Waals surface area contributed by atoms with Crippen LogP contribution in [-0.2, 0) is 16.2 Å². The molecule has 0 N–H and O–H groups in total. The van der Waals surface area contributed by atoms with Crippen LogP contribution in [0.25, 0.3) is 22.3 Å². The highest BCUT2D eigenvalue weighted by Gasteiger charge is 2.47. The first-order chi connectivity index (χ1) is 32.7. The molecule has 0 amide bonds. The fourth-order valence-corrected chi connectivity index (χ4v) is 10.4. The van der Waals surface area contributed by atoms with Gasteiger partial charge in [-0.3, -0.25) is 4.98 Å². The van der Waals surface area contributed by atoms with E-state index in [2.05, 4.69) is 262 Å². The van der Waals surface area contributed by atoms with Crippen molar-refractivity contribution in [1.29, 1.82) is 0 Å². The van der Waals surface area contributed by atoms with Gasteiger partial charge in [-0.15, -0.1) is 0 Å². The van der Waals surface area contributed by atoms with Crippen LogP contribution in [0.1, 0.15) is 72.3 Å². The van der Waals surface area contributed by atoms with Crippen molar-refractivity contribution in [1.82, 2.24) is 4.98 Å². The maximum Gasteiger partial charge on any atom is 0.130 e. The molecule has 326 valence electrons. The molecule has 0 unspecified atom stereocenters. The third-order valence-corrected chi connectivity index (χ3v) is 14.2. The Morgan fingerprint density at radius 3 is 1.55 bits per heavy atom. The van der Waals surface area contributed by atoms with Crippen molar-refractivity contribution in [2.24, 2.45) is 0 Å². The molecule has 1 aromatic heterocycles. The first kappa shape index (κ1) is 41.7. The molecular weight excluding hydrogens is 815 g/mol. The van der Waals surface area contributed by atoms with Crippen molar-refractivity contribution in [2.45, 2.75) is 43.9 Å². The van der Waals surface area contributed by atoms with E-state index in [1.807, 2.05) is 12.3 Å². The summed E-state index contributed by atoms with van der Waals surface area (Å²) in [5.41, 5.74) is 15.4. The molecule has 2 heterocycles. The molecule has 0 atom stereocenters. The lowest BCUT2D eigenvalue weighted by Gasteiger charge is -2.33. The Morgan fingerprint density at radius 2 is 0.970 bits per heavy atom. The van der Waals surface area contributed by atoms with Crippen molar-refractivity contribution >= 4 is 11.4 Å². The first-order valence-corrected chi connectivity index (χ1v) is 23.3. The molecule has 0 bridgehead atoms. The highest BCUT2D eigenvalue weighted by Crippen LogP contribution is 2.56. The van der Waals surface area contributed by atoms with Crippen LogP contribution in [0, 0.1) is 0 Å². The quantitative estimate of drug-likeness (QED) is 0.129. The number of hydrogen-bond acceptors (Lipinski definition) is 4. The Labute approximate surface area is 395 Å². The van der Waals surface area contributed by atoms with Gasteiger partial charge in [0, 0.05) is 46.9 Å². The van der Waals surface area contributed by atoms with Gasteiger partial charge >= 0.3 is 0 Å². The Hall–Kier alpha value is -7.95. The maximum atomic E-state index is 7.01. The van der Waals surface area contributed by atoms with Gasteiger partial charge in [0.2, 0.25) is 0 Å². The molecule has 9 aromatic rings. The monoisotopic (exact) mass is 867 g/mol. The number of nitrogens with zero attached hydrogens (tertiary/aromatic N) is 3. The molecule has 2 aliphatic rings. The van der Waals surface area contributed by atoms with Crippen molar-refractivity contribution in [3.8, 4) is 33.8 Å². The number of rotatable bonds is 11. The molecule has 67 heavy (non-hydrogen) atoms. The van der Waals surface area contributed by atoms with E-state index in [1.54, 1.807) is 0 Å². The number of aromatic nitrogens is 1. The van der Waals surface area contributed by atoms with Crippen LogP contribution in [0.3, 0.4) is 0 Å². The Kier molecular flexibility index (Phi) is 10.5. The standard InChI is InChI=1S/C63H53N3O/c1-61(2,47-23-10-6-11-24-47)50-39-51(62(3,4)48-25-12-7-13-26-48)41-53(40-50)66-36-35-65(44-66)52-37-46(45-21-8-5-9-22-45)38-55(43-52)67-54-28-20-27-49(42-54)63(60-33-18-19-34-64-60)58-31-16-14-29-56(58)57-30-15-17-32-59(57)63/h5-43H,44H2,1-4H3.